The number of aryl methyl sites for hydroxylation is 1. The van der Waals surface area contributed by atoms with Crippen LogP contribution in [0.4, 0.5) is 11.6 Å². The summed E-state index contributed by atoms with van der Waals surface area (Å²) < 4.78 is 10.5. The van der Waals surface area contributed by atoms with Crippen molar-refractivity contribution >= 4 is 17.5 Å². The lowest BCUT2D eigenvalue weighted by atomic mass is 10.1. The standard InChI is InChI=1S/C18H24N4O3/c1-11-9-14(21-17(19-11)22-18(2,3)4)16(23)20-13-10-12(24-5)7-8-15(13)25-6/h7-10H,1-6H3,(H,20,23)(H,19,21,22). The Balaban J connectivity index is 2.29. The number of carbonyl (C=O) groups excluding carboxylic acids is 1. The zero-order chi connectivity index (χ0) is 18.6. The van der Waals surface area contributed by atoms with Crippen molar-refractivity contribution in [3.05, 3.63) is 35.7 Å². The Hall–Kier alpha value is -2.83. The first kappa shape index (κ1) is 18.5. The molecule has 0 radical (unpaired) electrons. The van der Waals surface area contributed by atoms with Gasteiger partial charge in [0.1, 0.15) is 17.2 Å². The van der Waals surface area contributed by atoms with Gasteiger partial charge in [0.25, 0.3) is 5.91 Å². The molecule has 134 valence electrons. The van der Waals surface area contributed by atoms with Gasteiger partial charge < -0.3 is 20.1 Å². The smallest absolute Gasteiger partial charge is 0.274 e. The second-order valence-electron chi connectivity index (χ2n) is 6.61. The van der Waals surface area contributed by atoms with Crippen LogP contribution in [0, 0.1) is 6.92 Å². The van der Waals surface area contributed by atoms with Crippen LogP contribution in [0.5, 0.6) is 11.5 Å². The third-order valence-electron chi connectivity index (χ3n) is 3.23. The van der Waals surface area contributed by atoms with E-state index in [1.165, 1.54) is 7.11 Å². The Kier molecular flexibility index (Phi) is 5.46. The van der Waals surface area contributed by atoms with Crippen LogP contribution < -0.4 is 20.1 Å². The number of rotatable bonds is 5. The lowest BCUT2D eigenvalue weighted by molar-refractivity contribution is 0.102. The van der Waals surface area contributed by atoms with Crippen LogP contribution in [0.3, 0.4) is 0 Å². The molecule has 7 heteroatoms. The van der Waals surface area contributed by atoms with Crippen molar-refractivity contribution in [2.24, 2.45) is 0 Å². The highest BCUT2D eigenvalue weighted by Crippen LogP contribution is 2.29. The molecule has 25 heavy (non-hydrogen) atoms. The van der Waals surface area contributed by atoms with E-state index in [1.54, 1.807) is 31.4 Å². The first-order chi connectivity index (χ1) is 11.7. The minimum Gasteiger partial charge on any atom is -0.497 e. The average molecular weight is 344 g/mol. The summed E-state index contributed by atoms with van der Waals surface area (Å²) >= 11 is 0. The largest absolute Gasteiger partial charge is 0.497 e. The Labute approximate surface area is 147 Å². The molecule has 0 unspecified atom stereocenters. The topological polar surface area (TPSA) is 85.4 Å². The normalized spacial score (nSPS) is 11.0. The Bertz CT molecular complexity index is 769. The van der Waals surface area contributed by atoms with Crippen LogP contribution in [0.25, 0.3) is 0 Å². The van der Waals surface area contributed by atoms with Crippen molar-refractivity contribution in [3.8, 4) is 11.5 Å². The van der Waals surface area contributed by atoms with Crippen molar-refractivity contribution in [2.45, 2.75) is 33.2 Å². The molecule has 0 aliphatic heterocycles. The van der Waals surface area contributed by atoms with E-state index in [1.807, 2.05) is 27.7 Å². The van der Waals surface area contributed by atoms with Crippen molar-refractivity contribution < 1.29 is 14.3 Å². The number of benzene rings is 1. The van der Waals surface area contributed by atoms with Crippen LogP contribution in [-0.4, -0.2) is 35.6 Å². The van der Waals surface area contributed by atoms with Gasteiger partial charge >= 0.3 is 0 Å². The third kappa shape index (κ3) is 5.07. The van der Waals surface area contributed by atoms with Crippen LogP contribution in [0.15, 0.2) is 24.3 Å². The Morgan fingerprint density at radius 2 is 1.80 bits per heavy atom. The molecule has 0 atom stereocenters. The van der Waals surface area contributed by atoms with E-state index in [0.29, 0.717) is 28.8 Å². The van der Waals surface area contributed by atoms with Gasteiger partial charge in [-0.25, -0.2) is 9.97 Å². The van der Waals surface area contributed by atoms with Crippen LogP contribution in [0.2, 0.25) is 0 Å². The van der Waals surface area contributed by atoms with Gasteiger partial charge in [0.05, 0.1) is 19.9 Å². The molecule has 0 spiro atoms. The SMILES string of the molecule is COc1ccc(OC)c(NC(=O)c2cc(C)nc(NC(C)(C)C)n2)c1. The van der Waals surface area contributed by atoms with E-state index in [-0.39, 0.29) is 17.1 Å². The Morgan fingerprint density at radius 3 is 2.40 bits per heavy atom. The molecule has 1 aromatic heterocycles. The summed E-state index contributed by atoms with van der Waals surface area (Å²) in [5, 5.41) is 5.98. The monoisotopic (exact) mass is 344 g/mol. The van der Waals surface area contributed by atoms with Gasteiger partial charge in [0.2, 0.25) is 5.95 Å². The second-order valence-corrected chi connectivity index (χ2v) is 6.61. The van der Waals surface area contributed by atoms with Gasteiger partial charge in [-0.05, 0) is 45.9 Å². The summed E-state index contributed by atoms with van der Waals surface area (Å²) in [6.45, 7) is 7.82. The first-order valence-electron chi connectivity index (χ1n) is 7.89. The maximum atomic E-state index is 12.6. The van der Waals surface area contributed by atoms with E-state index < -0.39 is 0 Å². The van der Waals surface area contributed by atoms with Crippen LogP contribution in [-0.2, 0) is 0 Å². The number of aromatic nitrogens is 2. The summed E-state index contributed by atoms with van der Waals surface area (Å²) in [6, 6.07) is 6.82. The summed E-state index contributed by atoms with van der Waals surface area (Å²) in [7, 11) is 3.10. The number of methoxy groups -OCH3 is 2. The highest BCUT2D eigenvalue weighted by molar-refractivity contribution is 6.04. The molecule has 0 aliphatic carbocycles. The molecular formula is C18H24N4O3. The van der Waals surface area contributed by atoms with E-state index in [0.717, 1.165) is 0 Å². The minimum absolute atomic E-state index is 0.211. The fourth-order valence-electron chi connectivity index (χ4n) is 2.17. The molecule has 2 N–H and O–H groups in total. The molecular weight excluding hydrogens is 320 g/mol. The molecule has 1 heterocycles. The molecule has 1 amide bonds. The van der Waals surface area contributed by atoms with Gasteiger partial charge in [-0.2, -0.15) is 0 Å². The number of hydrogen-bond donors (Lipinski definition) is 2. The van der Waals surface area contributed by atoms with Crippen molar-refractivity contribution in [2.75, 3.05) is 24.9 Å². The van der Waals surface area contributed by atoms with E-state index in [4.69, 9.17) is 9.47 Å². The molecule has 0 aliphatic rings. The third-order valence-corrected chi connectivity index (χ3v) is 3.23. The van der Waals surface area contributed by atoms with Crippen LogP contribution >= 0.6 is 0 Å². The minimum atomic E-state index is -0.353. The van der Waals surface area contributed by atoms with Gasteiger partial charge in [-0.1, -0.05) is 0 Å². The molecule has 0 bridgehead atoms. The van der Waals surface area contributed by atoms with Gasteiger partial charge in [0.15, 0.2) is 0 Å². The Morgan fingerprint density at radius 1 is 1.08 bits per heavy atom. The maximum absolute atomic E-state index is 12.6. The molecule has 7 nitrogen and oxygen atoms in total. The van der Waals surface area contributed by atoms with Gasteiger partial charge in [-0.3, -0.25) is 4.79 Å². The molecule has 0 fully saturated rings. The van der Waals surface area contributed by atoms with Gasteiger partial charge in [0, 0.05) is 17.3 Å². The average Bonchev–Trinajstić information content (AvgIpc) is 2.52. The number of carbonyl (C=O) groups is 1. The first-order valence-corrected chi connectivity index (χ1v) is 7.89. The zero-order valence-electron chi connectivity index (χ0n) is 15.4. The van der Waals surface area contributed by atoms with Crippen LogP contribution in [0.1, 0.15) is 37.0 Å². The van der Waals surface area contributed by atoms with Gasteiger partial charge in [-0.15, -0.1) is 0 Å². The van der Waals surface area contributed by atoms with E-state index in [2.05, 4.69) is 20.6 Å². The lowest BCUT2D eigenvalue weighted by Crippen LogP contribution is -2.28. The molecule has 0 saturated heterocycles. The second kappa shape index (κ2) is 7.38. The summed E-state index contributed by atoms with van der Waals surface area (Å²) in [5.41, 5.74) is 1.26. The summed E-state index contributed by atoms with van der Waals surface area (Å²) in [4.78, 5) is 21.3. The number of hydrogen-bond acceptors (Lipinski definition) is 6. The fraction of sp³-hybridized carbons (Fsp3) is 0.389. The van der Waals surface area contributed by atoms with E-state index >= 15 is 0 Å². The van der Waals surface area contributed by atoms with E-state index in [9.17, 15) is 4.79 Å². The number of amides is 1. The number of ether oxygens (including phenoxy) is 2. The predicted molar refractivity (Wildman–Crippen MR) is 97.6 cm³/mol. The highest BCUT2D eigenvalue weighted by atomic mass is 16.5. The fourth-order valence-corrected chi connectivity index (χ4v) is 2.17. The predicted octanol–water partition coefficient (Wildman–Crippen LogP) is 3.26. The number of nitrogens with zero attached hydrogens (tertiary/aromatic N) is 2. The lowest BCUT2D eigenvalue weighted by Gasteiger charge is -2.21. The van der Waals surface area contributed by atoms with Crippen molar-refractivity contribution in [1.29, 1.82) is 0 Å². The van der Waals surface area contributed by atoms with Crippen molar-refractivity contribution in [1.82, 2.24) is 9.97 Å². The zero-order valence-corrected chi connectivity index (χ0v) is 15.4. The highest BCUT2D eigenvalue weighted by Gasteiger charge is 2.16. The molecule has 1 aromatic carbocycles. The maximum Gasteiger partial charge on any atom is 0.274 e. The molecule has 2 rings (SSSR count). The molecule has 2 aromatic rings. The van der Waals surface area contributed by atoms with Crippen molar-refractivity contribution in [3.63, 3.8) is 0 Å². The number of anilines is 2. The quantitative estimate of drug-likeness (QED) is 0.866. The summed E-state index contributed by atoms with van der Waals surface area (Å²) in [6.07, 6.45) is 0. The molecule has 0 saturated carbocycles. The summed E-state index contributed by atoms with van der Waals surface area (Å²) in [5.74, 6) is 1.21. The number of nitrogens with one attached hydrogen (secondary N) is 2.